The predicted octanol–water partition coefficient (Wildman–Crippen LogP) is 2.94. The van der Waals surface area contributed by atoms with Crippen LogP contribution >= 0.6 is 11.6 Å². The summed E-state index contributed by atoms with van der Waals surface area (Å²) in [5.41, 5.74) is 1.18. The first-order valence-electron chi connectivity index (χ1n) is 8.06. The van der Waals surface area contributed by atoms with Crippen molar-refractivity contribution in [1.29, 1.82) is 0 Å². The Morgan fingerprint density at radius 2 is 2.00 bits per heavy atom. The maximum absolute atomic E-state index is 12.5. The number of fused-ring (bicyclic) bond motifs is 1. The molecule has 1 amide bonds. The molecule has 1 heterocycles. The number of ether oxygens (including phenoxy) is 1. The summed E-state index contributed by atoms with van der Waals surface area (Å²) in [5, 5.41) is 3.71. The van der Waals surface area contributed by atoms with Crippen molar-refractivity contribution in [2.75, 3.05) is 7.11 Å². The SMILES string of the molecule is COc1ccc(C(C)NC(=O)Cn2cnc3ccc(Cl)cc3c2=O)cc1. The van der Waals surface area contributed by atoms with Gasteiger partial charge in [0.15, 0.2) is 0 Å². The Kier molecular flexibility index (Phi) is 5.23. The van der Waals surface area contributed by atoms with Crippen molar-refractivity contribution in [3.63, 3.8) is 0 Å². The lowest BCUT2D eigenvalue weighted by atomic mass is 10.1. The fourth-order valence-corrected chi connectivity index (χ4v) is 2.83. The van der Waals surface area contributed by atoms with Crippen LogP contribution in [-0.2, 0) is 11.3 Å². The first-order chi connectivity index (χ1) is 12.5. The molecule has 1 atom stereocenters. The van der Waals surface area contributed by atoms with E-state index in [1.807, 2.05) is 31.2 Å². The Balaban J connectivity index is 1.74. The Bertz CT molecular complexity index is 999. The molecular weight excluding hydrogens is 354 g/mol. The van der Waals surface area contributed by atoms with Crippen LogP contribution in [0.15, 0.2) is 53.6 Å². The molecule has 3 aromatic rings. The van der Waals surface area contributed by atoms with E-state index in [-0.39, 0.29) is 24.1 Å². The predicted molar refractivity (Wildman–Crippen MR) is 101 cm³/mol. The third-order valence-corrected chi connectivity index (χ3v) is 4.33. The van der Waals surface area contributed by atoms with E-state index in [0.29, 0.717) is 15.9 Å². The first kappa shape index (κ1) is 17.9. The quantitative estimate of drug-likeness (QED) is 0.748. The molecule has 1 unspecified atom stereocenters. The Morgan fingerprint density at radius 1 is 1.27 bits per heavy atom. The Morgan fingerprint density at radius 3 is 2.69 bits per heavy atom. The molecule has 0 radical (unpaired) electrons. The van der Waals surface area contributed by atoms with Crippen molar-refractivity contribution in [3.8, 4) is 5.75 Å². The van der Waals surface area contributed by atoms with Crippen molar-refractivity contribution in [2.45, 2.75) is 19.5 Å². The molecule has 0 aliphatic carbocycles. The van der Waals surface area contributed by atoms with Crippen LogP contribution in [0.4, 0.5) is 0 Å². The molecule has 0 spiro atoms. The maximum Gasteiger partial charge on any atom is 0.261 e. The summed E-state index contributed by atoms with van der Waals surface area (Å²) in [4.78, 5) is 29.0. The topological polar surface area (TPSA) is 73.2 Å². The molecule has 26 heavy (non-hydrogen) atoms. The van der Waals surface area contributed by atoms with Crippen LogP contribution in [0.1, 0.15) is 18.5 Å². The van der Waals surface area contributed by atoms with E-state index in [0.717, 1.165) is 11.3 Å². The molecular formula is C19H18ClN3O3. The van der Waals surface area contributed by atoms with Gasteiger partial charge in [-0.3, -0.25) is 14.2 Å². The Hall–Kier alpha value is -2.86. The number of carbonyl (C=O) groups excluding carboxylic acids is 1. The van der Waals surface area contributed by atoms with Crippen LogP contribution in [0, 0.1) is 0 Å². The normalized spacial score (nSPS) is 12.0. The van der Waals surface area contributed by atoms with Crippen molar-refractivity contribution in [1.82, 2.24) is 14.9 Å². The molecule has 6 nitrogen and oxygen atoms in total. The zero-order valence-corrected chi connectivity index (χ0v) is 15.2. The van der Waals surface area contributed by atoms with E-state index < -0.39 is 0 Å². The molecule has 1 aromatic heterocycles. The molecule has 0 saturated carbocycles. The van der Waals surface area contributed by atoms with Gasteiger partial charge in [0.2, 0.25) is 5.91 Å². The Labute approximate surface area is 155 Å². The maximum atomic E-state index is 12.5. The van der Waals surface area contributed by atoms with Crippen molar-refractivity contribution < 1.29 is 9.53 Å². The number of nitrogens with one attached hydrogen (secondary N) is 1. The van der Waals surface area contributed by atoms with Gasteiger partial charge in [-0.2, -0.15) is 0 Å². The summed E-state index contributed by atoms with van der Waals surface area (Å²) in [6.45, 7) is 1.76. The summed E-state index contributed by atoms with van der Waals surface area (Å²) in [6, 6.07) is 12.1. The minimum Gasteiger partial charge on any atom is -0.497 e. The van der Waals surface area contributed by atoms with Gasteiger partial charge in [-0.15, -0.1) is 0 Å². The van der Waals surface area contributed by atoms with E-state index in [4.69, 9.17) is 16.3 Å². The van der Waals surface area contributed by atoms with Gasteiger partial charge >= 0.3 is 0 Å². The van der Waals surface area contributed by atoms with Gasteiger partial charge in [0.05, 0.1) is 30.4 Å². The minimum absolute atomic E-state index is 0.116. The highest BCUT2D eigenvalue weighted by Gasteiger charge is 2.12. The standard InChI is InChI=1S/C19H18ClN3O3/c1-12(13-3-6-15(26-2)7-4-13)22-18(24)10-23-11-21-17-8-5-14(20)9-16(17)19(23)25/h3-9,11-12H,10H2,1-2H3,(H,22,24). The number of methoxy groups -OCH3 is 1. The summed E-state index contributed by atoms with van der Waals surface area (Å²) < 4.78 is 6.40. The zero-order valence-electron chi connectivity index (χ0n) is 14.4. The fourth-order valence-electron chi connectivity index (χ4n) is 2.66. The van der Waals surface area contributed by atoms with E-state index in [1.54, 1.807) is 25.3 Å². The van der Waals surface area contributed by atoms with Gasteiger partial charge in [-0.25, -0.2) is 4.98 Å². The molecule has 0 aliphatic rings. The minimum atomic E-state index is -0.301. The van der Waals surface area contributed by atoms with Crippen LogP contribution in [-0.4, -0.2) is 22.6 Å². The van der Waals surface area contributed by atoms with Crippen molar-refractivity contribution >= 4 is 28.4 Å². The second-order valence-electron chi connectivity index (χ2n) is 5.90. The van der Waals surface area contributed by atoms with Gasteiger partial charge in [0.1, 0.15) is 12.3 Å². The number of amides is 1. The lowest BCUT2D eigenvalue weighted by Gasteiger charge is -2.15. The van der Waals surface area contributed by atoms with Crippen LogP contribution in [0.25, 0.3) is 10.9 Å². The van der Waals surface area contributed by atoms with Crippen LogP contribution in [0.3, 0.4) is 0 Å². The van der Waals surface area contributed by atoms with Crippen LogP contribution in [0.5, 0.6) is 5.75 Å². The largest absolute Gasteiger partial charge is 0.497 e. The third kappa shape index (κ3) is 3.86. The number of benzene rings is 2. The fraction of sp³-hybridized carbons (Fsp3) is 0.211. The number of nitrogens with zero attached hydrogens (tertiary/aromatic N) is 2. The van der Waals surface area contributed by atoms with E-state index >= 15 is 0 Å². The second kappa shape index (κ2) is 7.58. The van der Waals surface area contributed by atoms with Gasteiger partial charge in [-0.1, -0.05) is 23.7 Å². The lowest BCUT2D eigenvalue weighted by Crippen LogP contribution is -2.34. The van der Waals surface area contributed by atoms with Gasteiger partial charge in [-0.05, 0) is 42.8 Å². The number of hydrogen-bond acceptors (Lipinski definition) is 4. The van der Waals surface area contributed by atoms with Gasteiger partial charge < -0.3 is 10.1 Å². The number of rotatable bonds is 5. The highest BCUT2D eigenvalue weighted by Crippen LogP contribution is 2.17. The van der Waals surface area contributed by atoms with Crippen LogP contribution in [0.2, 0.25) is 5.02 Å². The number of carbonyl (C=O) groups is 1. The molecule has 7 heteroatoms. The first-order valence-corrected chi connectivity index (χ1v) is 8.44. The zero-order chi connectivity index (χ0) is 18.7. The summed E-state index contributed by atoms with van der Waals surface area (Å²) in [7, 11) is 1.60. The summed E-state index contributed by atoms with van der Waals surface area (Å²) >= 11 is 5.94. The number of aromatic nitrogens is 2. The van der Waals surface area contributed by atoms with Gasteiger partial charge in [0.25, 0.3) is 5.56 Å². The monoisotopic (exact) mass is 371 g/mol. The molecule has 0 saturated heterocycles. The highest BCUT2D eigenvalue weighted by molar-refractivity contribution is 6.31. The molecule has 0 aliphatic heterocycles. The van der Waals surface area contributed by atoms with E-state index in [2.05, 4.69) is 10.3 Å². The molecule has 0 fully saturated rings. The van der Waals surface area contributed by atoms with E-state index in [1.165, 1.54) is 10.9 Å². The highest BCUT2D eigenvalue weighted by atomic mass is 35.5. The average molecular weight is 372 g/mol. The van der Waals surface area contributed by atoms with Gasteiger partial charge in [0, 0.05) is 5.02 Å². The van der Waals surface area contributed by atoms with Crippen LogP contribution < -0.4 is 15.6 Å². The molecule has 134 valence electrons. The van der Waals surface area contributed by atoms with E-state index in [9.17, 15) is 9.59 Å². The lowest BCUT2D eigenvalue weighted by molar-refractivity contribution is -0.122. The summed E-state index contributed by atoms with van der Waals surface area (Å²) in [5.74, 6) is 0.471. The number of halogens is 1. The smallest absolute Gasteiger partial charge is 0.261 e. The molecule has 0 bridgehead atoms. The second-order valence-corrected chi connectivity index (χ2v) is 6.34. The van der Waals surface area contributed by atoms with Crippen molar-refractivity contribution in [3.05, 3.63) is 69.7 Å². The molecule has 3 rings (SSSR count). The third-order valence-electron chi connectivity index (χ3n) is 4.09. The summed E-state index contributed by atoms with van der Waals surface area (Å²) in [6.07, 6.45) is 1.37. The molecule has 2 aromatic carbocycles. The number of hydrogen-bond donors (Lipinski definition) is 1. The molecule has 1 N–H and O–H groups in total. The van der Waals surface area contributed by atoms with Crippen molar-refractivity contribution in [2.24, 2.45) is 0 Å². The average Bonchev–Trinajstić information content (AvgIpc) is 2.64.